The minimum atomic E-state index is -0.384. The maximum atomic E-state index is 12.6. The van der Waals surface area contributed by atoms with Crippen molar-refractivity contribution in [3.63, 3.8) is 0 Å². The molecule has 2 amide bonds. The van der Waals surface area contributed by atoms with Crippen molar-refractivity contribution in [3.05, 3.63) is 59.8 Å². The first kappa shape index (κ1) is 21.9. The number of hydrogen-bond donors (Lipinski definition) is 2. The van der Waals surface area contributed by atoms with Crippen LogP contribution in [0.1, 0.15) is 25.1 Å². The van der Waals surface area contributed by atoms with E-state index < -0.39 is 0 Å². The van der Waals surface area contributed by atoms with E-state index in [9.17, 15) is 10.1 Å². The first-order chi connectivity index (χ1) is 15.0. The van der Waals surface area contributed by atoms with E-state index >= 15 is 0 Å². The van der Waals surface area contributed by atoms with Crippen LogP contribution in [0.15, 0.2) is 58.8 Å². The van der Waals surface area contributed by atoms with E-state index in [0.29, 0.717) is 33.3 Å². The van der Waals surface area contributed by atoms with E-state index in [-0.39, 0.29) is 6.03 Å². The lowest BCUT2D eigenvalue weighted by Gasteiger charge is -2.22. The van der Waals surface area contributed by atoms with Gasteiger partial charge in [0.05, 0.1) is 11.4 Å². The Hall–Kier alpha value is -3.77. The summed E-state index contributed by atoms with van der Waals surface area (Å²) in [6, 6.07) is 16.5. The predicted octanol–water partition coefficient (Wildman–Crippen LogP) is 6.23. The van der Waals surface area contributed by atoms with Gasteiger partial charge in [0.15, 0.2) is 5.00 Å². The number of carbonyl (C=O) groups is 1. The molecule has 0 aliphatic carbocycles. The molecule has 1 aromatic heterocycles. The Kier molecular flexibility index (Phi) is 7.30. The Balaban J connectivity index is 1.91. The summed E-state index contributed by atoms with van der Waals surface area (Å²) in [7, 11) is 0. The number of nitrogens with zero attached hydrogens (tertiary/aromatic N) is 5. The number of carbonyl (C=O) groups excluding carboxylic acids is 1. The van der Waals surface area contributed by atoms with Crippen LogP contribution in [0.25, 0.3) is 0 Å². The van der Waals surface area contributed by atoms with Crippen molar-refractivity contribution in [3.8, 4) is 6.07 Å². The van der Waals surface area contributed by atoms with E-state index in [2.05, 4.69) is 50.1 Å². The molecule has 0 aliphatic heterocycles. The Morgan fingerprint density at radius 1 is 1.13 bits per heavy atom. The number of aromatic nitrogens is 1. The van der Waals surface area contributed by atoms with Crippen molar-refractivity contribution in [1.82, 2.24) is 4.37 Å². The molecule has 0 radical (unpaired) electrons. The van der Waals surface area contributed by atoms with Gasteiger partial charge in [0.25, 0.3) is 0 Å². The Morgan fingerprint density at radius 3 is 2.55 bits per heavy atom. The summed E-state index contributed by atoms with van der Waals surface area (Å²) in [6.07, 6.45) is 0. The fourth-order valence-electron chi connectivity index (χ4n) is 2.96. The molecule has 3 rings (SSSR count). The van der Waals surface area contributed by atoms with E-state index in [1.54, 1.807) is 13.0 Å². The van der Waals surface area contributed by atoms with Crippen molar-refractivity contribution in [1.29, 1.82) is 5.26 Å². The molecule has 1 heterocycles. The second-order valence-electron chi connectivity index (χ2n) is 6.58. The predicted molar refractivity (Wildman–Crippen MR) is 125 cm³/mol. The highest BCUT2D eigenvalue weighted by molar-refractivity contribution is 7.10. The van der Waals surface area contributed by atoms with Crippen LogP contribution in [0.5, 0.6) is 0 Å². The minimum Gasteiger partial charge on any atom is -0.372 e. The molecule has 2 aromatic carbocycles. The molecule has 31 heavy (non-hydrogen) atoms. The van der Waals surface area contributed by atoms with Gasteiger partial charge in [-0.15, -0.1) is 10.2 Å². The van der Waals surface area contributed by atoms with E-state index in [1.807, 2.05) is 42.5 Å². The van der Waals surface area contributed by atoms with Crippen LogP contribution in [-0.4, -0.2) is 23.5 Å². The minimum absolute atomic E-state index is 0.384. The smallest absolute Gasteiger partial charge is 0.323 e. The summed E-state index contributed by atoms with van der Waals surface area (Å²) in [5.41, 5.74) is 3.67. The van der Waals surface area contributed by atoms with Crippen molar-refractivity contribution < 1.29 is 4.79 Å². The van der Waals surface area contributed by atoms with Crippen LogP contribution in [0.4, 0.5) is 32.5 Å². The Bertz CT molecular complexity index is 1110. The molecule has 0 aliphatic rings. The molecule has 0 saturated heterocycles. The third kappa shape index (κ3) is 5.43. The first-order valence-corrected chi connectivity index (χ1v) is 10.6. The number of para-hydroxylation sites is 1. The number of urea groups is 1. The average molecular weight is 434 g/mol. The topological polar surface area (TPSA) is 106 Å². The highest BCUT2D eigenvalue weighted by Crippen LogP contribution is 2.34. The van der Waals surface area contributed by atoms with Crippen LogP contribution >= 0.6 is 11.5 Å². The molecule has 0 unspecified atom stereocenters. The summed E-state index contributed by atoms with van der Waals surface area (Å²) in [4.78, 5) is 14.7. The number of anilines is 3. The third-order valence-corrected chi connectivity index (χ3v) is 5.42. The zero-order valence-electron chi connectivity index (χ0n) is 17.6. The molecule has 3 aromatic rings. The van der Waals surface area contributed by atoms with Gasteiger partial charge in [-0.25, -0.2) is 4.79 Å². The summed E-state index contributed by atoms with van der Waals surface area (Å²) in [5.74, 6) is 0. The molecule has 0 fully saturated rings. The number of azo groups is 1. The summed E-state index contributed by atoms with van der Waals surface area (Å²) in [5, 5.41) is 23.9. The molecule has 0 bridgehead atoms. The maximum absolute atomic E-state index is 12.6. The van der Waals surface area contributed by atoms with Gasteiger partial charge < -0.3 is 15.5 Å². The summed E-state index contributed by atoms with van der Waals surface area (Å²) < 4.78 is 4.16. The molecule has 158 valence electrons. The standard InChI is InChI=1S/C22H23N7OS/c1-4-29(5-2)17-11-12-19(26-27-21-18(14-23)15(3)28-31-21)20(13-17)25-22(30)24-16-9-7-6-8-10-16/h6-13H,4-5H2,1-3H3,(H2,24,25,30). The number of rotatable bonds is 7. The van der Waals surface area contributed by atoms with Crippen LogP contribution in [0.2, 0.25) is 0 Å². The lowest BCUT2D eigenvalue weighted by atomic mass is 10.2. The average Bonchev–Trinajstić information content (AvgIpc) is 3.14. The number of aryl methyl sites for hydroxylation is 1. The first-order valence-electron chi connectivity index (χ1n) is 9.85. The van der Waals surface area contributed by atoms with Gasteiger partial charge in [-0.2, -0.15) is 9.64 Å². The largest absolute Gasteiger partial charge is 0.372 e. The van der Waals surface area contributed by atoms with E-state index in [4.69, 9.17) is 0 Å². The van der Waals surface area contributed by atoms with Crippen molar-refractivity contribution in [2.24, 2.45) is 10.2 Å². The fourth-order valence-corrected chi connectivity index (χ4v) is 3.63. The number of hydrogen-bond acceptors (Lipinski definition) is 7. The molecule has 0 atom stereocenters. The molecule has 0 spiro atoms. The van der Waals surface area contributed by atoms with Gasteiger partial charge in [-0.05, 0) is 62.6 Å². The van der Waals surface area contributed by atoms with Crippen LogP contribution in [-0.2, 0) is 0 Å². The van der Waals surface area contributed by atoms with Crippen LogP contribution < -0.4 is 15.5 Å². The fraction of sp³-hybridized carbons (Fsp3) is 0.227. The van der Waals surface area contributed by atoms with Gasteiger partial charge in [0.1, 0.15) is 17.3 Å². The third-order valence-electron chi connectivity index (χ3n) is 4.59. The normalized spacial score (nSPS) is 10.6. The Labute approximate surface area is 185 Å². The van der Waals surface area contributed by atoms with Gasteiger partial charge in [0, 0.05) is 24.5 Å². The molecule has 2 N–H and O–H groups in total. The van der Waals surface area contributed by atoms with Crippen LogP contribution in [0.3, 0.4) is 0 Å². The number of nitrogens with one attached hydrogen (secondary N) is 2. The quantitative estimate of drug-likeness (QED) is 0.431. The van der Waals surface area contributed by atoms with Gasteiger partial charge in [-0.3, -0.25) is 0 Å². The number of amides is 2. The van der Waals surface area contributed by atoms with Gasteiger partial charge >= 0.3 is 6.03 Å². The maximum Gasteiger partial charge on any atom is 0.323 e. The highest BCUT2D eigenvalue weighted by Gasteiger charge is 2.13. The SMILES string of the molecule is CCN(CC)c1ccc(N=Nc2snc(C)c2C#N)c(NC(=O)Nc2ccccc2)c1. The van der Waals surface area contributed by atoms with E-state index in [1.165, 1.54) is 0 Å². The molecular formula is C22H23N7OS. The monoisotopic (exact) mass is 433 g/mol. The zero-order valence-corrected chi connectivity index (χ0v) is 18.4. The zero-order chi connectivity index (χ0) is 22.2. The molecule has 8 nitrogen and oxygen atoms in total. The summed E-state index contributed by atoms with van der Waals surface area (Å²) in [6.45, 7) is 7.56. The van der Waals surface area contributed by atoms with E-state index in [0.717, 1.165) is 30.3 Å². The van der Waals surface area contributed by atoms with Gasteiger partial charge in [0.2, 0.25) is 0 Å². The van der Waals surface area contributed by atoms with Crippen molar-refractivity contribution in [2.45, 2.75) is 20.8 Å². The second kappa shape index (κ2) is 10.3. The summed E-state index contributed by atoms with van der Waals surface area (Å²) >= 11 is 1.12. The van der Waals surface area contributed by atoms with Crippen molar-refractivity contribution in [2.75, 3.05) is 28.6 Å². The molecule has 0 saturated carbocycles. The van der Waals surface area contributed by atoms with Crippen molar-refractivity contribution >= 4 is 45.3 Å². The van der Waals surface area contributed by atoms with Crippen LogP contribution in [0, 0.1) is 18.3 Å². The Morgan fingerprint density at radius 2 is 1.87 bits per heavy atom. The molecule has 9 heteroatoms. The highest BCUT2D eigenvalue weighted by atomic mass is 32.1. The number of nitriles is 1. The molecular weight excluding hydrogens is 410 g/mol. The lowest BCUT2D eigenvalue weighted by molar-refractivity contribution is 0.262. The number of benzene rings is 2. The lowest BCUT2D eigenvalue weighted by Crippen LogP contribution is -2.23. The van der Waals surface area contributed by atoms with Gasteiger partial charge in [-0.1, -0.05) is 18.2 Å². The second-order valence-corrected chi connectivity index (χ2v) is 7.33.